The summed E-state index contributed by atoms with van der Waals surface area (Å²) in [7, 11) is 2.27. The van der Waals surface area contributed by atoms with Crippen molar-refractivity contribution in [2.75, 3.05) is 13.6 Å². The molecule has 0 bridgehead atoms. The molecule has 2 atom stereocenters. The third-order valence-corrected chi connectivity index (χ3v) is 6.66. The van der Waals surface area contributed by atoms with Crippen molar-refractivity contribution in [2.45, 2.75) is 35.2 Å². The number of aromatic nitrogens is 1. The lowest BCUT2D eigenvalue weighted by Crippen LogP contribution is -2.43. The molecule has 2 nitrogen and oxygen atoms in total. The fourth-order valence-corrected chi connectivity index (χ4v) is 5.53. The number of H-pyrrole nitrogens is 1. The zero-order valence-corrected chi connectivity index (χ0v) is 15.4. The van der Waals surface area contributed by atoms with Crippen LogP contribution < -0.4 is 0 Å². The molecule has 2 aromatic carbocycles. The molecule has 0 spiro atoms. The Kier molecular flexibility index (Phi) is 3.54. The lowest BCUT2D eigenvalue weighted by atomic mass is 9.77. The van der Waals surface area contributed by atoms with Crippen LogP contribution in [0.25, 0.3) is 10.9 Å². The Morgan fingerprint density at radius 3 is 2.76 bits per heavy atom. The van der Waals surface area contributed by atoms with Crippen molar-refractivity contribution < 1.29 is 0 Å². The van der Waals surface area contributed by atoms with Gasteiger partial charge in [0.15, 0.2) is 0 Å². The van der Waals surface area contributed by atoms with E-state index in [0.29, 0.717) is 12.0 Å². The van der Waals surface area contributed by atoms with Crippen molar-refractivity contribution in [2.24, 2.45) is 0 Å². The summed E-state index contributed by atoms with van der Waals surface area (Å²) in [6.45, 7) is 3.34. The second-order valence-electron chi connectivity index (χ2n) is 7.34. The molecule has 1 aromatic heterocycles. The molecule has 126 valence electrons. The lowest BCUT2D eigenvalue weighted by molar-refractivity contribution is 0.224. The van der Waals surface area contributed by atoms with E-state index in [1.54, 1.807) is 0 Å². The molecule has 2 heterocycles. The van der Waals surface area contributed by atoms with E-state index in [2.05, 4.69) is 78.5 Å². The lowest BCUT2D eigenvalue weighted by Gasteiger charge is -2.41. The molecule has 1 N–H and O–H groups in total. The largest absolute Gasteiger partial charge is 0.349 e. The smallest absolute Gasteiger partial charge is 0.0814 e. The van der Waals surface area contributed by atoms with Gasteiger partial charge in [0.2, 0.25) is 0 Å². The van der Waals surface area contributed by atoms with Crippen LogP contribution in [0.2, 0.25) is 0 Å². The van der Waals surface area contributed by atoms with E-state index in [9.17, 15) is 0 Å². The van der Waals surface area contributed by atoms with Gasteiger partial charge in [0, 0.05) is 34.3 Å². The van der Waals surface area contributed by atoms with Crippen molar-refractivity contribution in [1.82, 2.24) is 9.88 Å². The zero-order chi connectivity index (χ0) is 17.0. The Hall–Kier alpha value is -1.97. The molecule has 0 unspecified atom stereocenters. The maximum absolute atomic E-state index is 3.70. The minimum absolute atomic E-state index is 0.514. The number of benzene rings is 2. The molecule has 5 rings (SSSR count). The van der Waals surface area contributed by atoms with Crippen LogP contribution in [0.1, 0.15) is 24.0 Å². The van der Waals surface area contributed by atoms with Gasteiger partial charge in [-0.25, -0.2) is 0 Å². The maximum Gasteiger partial charge on any atom is 0.0814 e. The number of nitrogens with zero attached hydrogens (tertiary/aromatic N) is 1. The Bertz CT molecular complexity index is 970. The first-order valence-corrected chi connectivity index (χ1v) is 9.76. The fourth-order valence-electron chi connectivity index (χ4n) is 4.53. The van der Waals surface area contributed by atoms with Gasteiger partial charge < -0.3 is 4.98 Å². The normalized spacial score (nSPS) is 22.7. The van der Waals surface area contributed by atoms with Gasteiger partial charge in [-0.15, -0.1) is 0 Å². The summed E-state index contributed by atoms with van der Waals surface area (Å²) in [5.41, 5.74) is 5.76. The molecule has 1 aliphatic heterocycles. The molecule has 2 aliphatic rings. The highest BCUT2D eigenvalue weighted by Crippen LogP contribution is 2.45. The van der Waals surface area contributed by atoms with Crippen molar-refractivity contribution in [3.05, 3.63) is 71.3 Å². The van der Waals surface area contributed by atoms with Crippen LogP contribution in [0.15, 0.2) is 70.1 Å². The summed E-state index contributed by atoms with van der Waals surface area (Å²) in [5.74, 6) is 0.514. The van der Waals surface area contributed by atoms with Crippen molar-refractivity contribution in [3.8, 4) is 0 Å². The van der Waals surface area contributed by atoms with Crippen molar-refractivity contribution in [3.63, 3.8) is 0 Å². The highest BCUT2D eigenvalue weighted by Gasteiger charge is 2.36. The number of likely N-dealkylation sites (N-methyl/N-ethyl adjacent to an activating group) is 1. The third kappa shape index (κ3) is 2.45. The number of hydrogen-bond acceptors (Lipinski definition) is 2. The van der Waals surface area contributed by atoms with Gasteiger partial charge in [0.05, 0.1) is 5.03 Å². The quantitative estimate of drug-likeness (QED) is 0.642. The standard InChI is InChI=1S/C22H22N2S/c1-14-11-17-16-9-6-10-19-21(16)18(12-20(17)24(2)13-14)22(23-19)25-15-7-4-3-5-8-15/h3-11,17,20,23H,12-13H2,1-2H3/t17-,20-/m1/s1. The van der Waals surface area contributed by atoms with E-state index in [4.69, 9.17) is 0 Å². The average Bonchev–Trinajstić information content (AvgIpc) is 2.96. The van der Waals surface area contributed by atoms with Crippen molar-refractivity contribution >= 4 is 22.7 Å². The van der Waals surface area contributed by atoms with Crippen LogP contribution in [0.5, 0.6) is 0 Å². The van der Waals surface area contributed by atoms with E-state index in [1.807, 2.05) is 11.8 Å². The molecule has 1 aliphatic carbocycles. The van der Waals surface area contributed by atoms with Crippen LogP contribution in [-0.4, -0.2) is 29.5 Å². The molecule has 3 aromatic rings. The summed E-state index contributed by atoms with van der Waals surface area (Å²) < 4.78 is 0. The molecule has 0 saturated carbocycles. The van der Waals surface area contributed by atoms with Crippen LogP contribution in [0.4, 0.5) is 0 Å². The Labute approximate surface area is 152 Å². The monoisotopic (exact) mass is 346 g/mol. The number of hydrogen-bond donors (Lipinski definition) is 1. The molecular weight excluding hydrogens is 324 g/mol. The summed E-state index contributed by atoms with van der Waals surface area (Å²) in [4.78, 5) is 7.53. The predicted octanol–water partition coefficient (Wildman–Crippen LogP) is 5.22. The number of fused-ring (bicyclic) bond motifs is 2. The van der Waals surface area contributed by atoms with E-state index in [0.717, 1.165) is 13.0 Å². The minimum Gasteiger partial charge on any atom is -0.349 e. The first-order chi connectivity index (χ1) is 12.2. The first-order valence-electron chi connectivity index (χ1n) is 8.94. The predicted molar refractivity (Wildman–Crippen MR) is 105 cm³/mol. The number of nitrogens with one attached hydrogen (secondary N) is 1. The third-order valence-electron chi connectivity index (χ3n) is 5.60. The Morgan fingerprint density at radius 2 is 1.92 bits per heavy atom. The van der Waals surface area contributed by atoms with E-state index < -0.39 is 0 Å². The summed E-state index contributed by atoms with van der Waals surface area (Å²) >= 11 is 1.86. The molecule has 0 amide bonds. The highest BCUT2D eigenvalue weighted by atomic mass is 32.2. The van der Waals surface area contributed by atoms with Gasteiger partial charge in [0.25, 0.3) is 0 Å². The fraction of sp³-hybridized carbons (Fsp3) is 0.273. The van der Waals surface area contributed by atoms with Gasteiger partial charge in [-0.3, -0.25) is 4.90 Å². The average molecular weight is 346 g/mol. The molecule has 25 heavy (non-hydrogen) atoms. The van der Waals surface area contributed by atoms with Crippen LogP contribution >= 0.6 is 11.8 Å². The van der Waals surface area contributed by atoms with Gasteiger partial charge >= 0.3 is 0 Å². The van der Waals surface area contributed by atoms with Crippen LogP contribution in [0, 0.1) is 0 Å². The molecule has 0 saturated heterocycles. The Morgan fingerprint density at radius 1 is 1.08 bits per heavy atom. The van der Waals surface area contributed by atoms with Crippen LogP contribution in [-0.2, 0) is 6.42 Å². The van der Waals surface area contributed by atoms with E-state index in [-0.39, 0.29) is 0 Å². The van der Waals surface area contributed by atoms with E-state index >= 15 is 0 Å². The highest BCUT2D eigenvalue weighted by molar-refractivity contribution is 7.99. The summed E-state index contributed by atoms with van der Waals surface area (Å²) in [6, 6.07) is 18.0. The molecular formula is C22H22N2S. The SMILES string of the molecule is CC1=C[C@@H]2c3cccc4[nH]c(Sc5ccccc5)c(c34)C[C@H]2N(C)C1. The molecule has 0 radical (unpaired) electrons. The molecule has 0 fully saturated rings. The van der Waals surface area contributed by atoms with Gasteiger partial charge in [-0.05, 0) is 49.7 Å². The van der Waals surface area contributed by atoms with Gasteiger partial charge in [-0.1, -0.05) is 53.7 Å². The summed E-state index contributed by atoms with van der Waals surface area (Å²) in [5, 5.41) is 2.77. The number of rotatable bonds is 2. The molecule has 3 heteroatoms. The van der Waals surface area contributed by atoms with Crippen LogP contribution in [0.3, 0.4) is 0 Å². The first kappa shape index (κ1) is 15.3. The summed E-state index contributed by atoms with van der Waals surface area (Å²) in [6.07, 6.45) is 3.62. The minimum atomic E-state index is 0.514. The second-order valence-corrected chi connectivity index (χ2v) is 8.43. The zero-order valence-electron chi connectivity index (χ0n) is 14.6. The second kappa shape index (κ2) is 5.79. The van der Waals surface area contributed by atoms with Gasteiger partial charge in [0.1, 0.15) is 0 Å². The maximum atomic E-state index is 3.70. The topological polar surface area (TPSA) is 19.0 Å². The van der Waals surface area contributed by atoms with E-state index in [1.165, 1.54) is 37.5 Å². The Balaban J connectivity index is 1.67. The van der Waals surface area contributed by atoms with Crippen molar-refractivity contribution in [1.29, 1.82) is 0 Å². The van der Waals surface area contributed by atoms with Gasteiger partial charge in [-0.2, -0.15) is 0 Å². The number of aromatic amines is 1.